The molecule has 1 aliphatic heterocycles. The molecule has 1 amide bonds. The number of aryl methyl sites for hydroxylation is 2. The molecule has 122 valence electrons. The molecule has 0 bridgehead atoms. The Kier molecular flexibility index (Phi) is 4.09. The van der Waals surface area contributed by atoms with E-state index in [1.165, 1.54) is 6.07 Å². The molecule has 1 aliphatic rings. The third-order valence-electron chi connectivity index (χ3n) is 4.31. The highest BCUT2D eigenvalue weighted by Gasteiger charge is 2.36. The summed E-state index contributed by atoms with van der Waals surface area (Å²) >= 11 is 0. The fraction of sp³-hybridized carbons (Fsp3) is 0.412. The van der Waals surface area contributed by atoms with Crippen LogP contribution in [0.2, 0.25) is 0 Å². The Bertz CT molecular complexity index is 777. The van der Waals surface area contributed by atoms with Crippen molar-refractivity contribution in [2.75, 3.05) is 13.1 Å². The molecule has 1 fully saturated rings. The van der Waals surface area contributed by atoms with E-state index in [0.717, 1.165) is 17.2 Å². The van der Waals surface area contributed by atoms with Crippen molar-refractivity contribution in [1.82, 2.24) is 9.88 Å². The van der Waals surface area contributed by atoms with Crippen molar-refractivity contribution < 1.29 is 9.21 Å². The van der Waals surface area contributed by atoms with Crippen LogP contribution in [0.5, 0.6) is 0 Å². The molecule has 2 atom stereocenters. The van der Waals surface area contributed by atoms with E-state index in [9.17, 15) is 9.59 Å². The minimum Gasteiger partial charge on any atom is -0.466 e. The number of nitrogens with two attached hydrogens (primary N) is 1. The van der Waals surface area contributed by atoms with E-state index < -0.39 is 0 Å². The van der Waals surface area contributed by atoms with Crippen LogP contribution < -0.4 is 11.3 Å². The number of nitrogens with zero attached hydrogens (tertiary/aromatic N) is 1. The highest BCUT2D eigenvalue weighted by Crippen LogP contribution is 2.28. The zero-order valence-corrected chi connectivity index (χ0v) is 13.3. The van der Waals surface area contributed by atoms with Crippen molar-refractivity contribution >= 4 is 5.91 Å². The molecule has 2 aromatic rings. The number of hydrogen-bond acceptors (Lipinski definition) is 4. The van der Waals surface area contributed by atoms with E-state index in [0.29, 0.717) is 25.1 Å². The number of pyridine rings is 1. The molecule has 0 radical (unpaired) electrons. The van der Waals surface area contributed by atoms with Crippen LogP contribution in [0.25, 0.3) is 0 Å². The standard InChI is InChI=1S/C17H21N3O3/c1-3-12-6-11(7-16(21)19-12)17(22)20-8-13(14(18)9-20)15-5-4-10(2)23-15/h4-7,13-14H,3,8-9,18H2,1-2H3,(H,19,21)/t13-,14-/m1/s1. The number of nitrogens with one attached hydrogen (secondary N) is 1. The number of furan rings is 1. The first-order chi connectivity index (χ1) is 11.0. The summed E-state index contributed by atoms with van der Waals surface area (Å²) in [5, 5.41) is 0. The summed E-state index contributed by atoms with van der Waals surface area (Å²) in [6.45, 7) is 4.77. The molecule has 3 N–H and O–H groups in total. The van der Waals surface area contributed by atoms with Crippen LogP contribution in [0.4, 0.5) is 0 Å². The summed E-state index contributed by atoms with van der Waals surface area (Å²) < 4.78 is 5.65. The van der Waals surface area contributed by atoms with E-state index in [1.807, 2.05) is 26.0 Å². The first-order valence-electron chi connectivity index (χ1n) is 7.82. The highest BCUT2D eigenvalue weighted by molar-refractivity contribution is 5.94. The van der Waals surface area contributed by atoms with Crippen molar-refractivity contribution in [2.24, 2.45) is 5.73 Å². The molecule has 0 aliphatic carbocycles. The summed E-state index contributed by atoms with van der Waals surface area (Å²) in [5.74, 6) is 1.47. The largest absolute Gasteiger partial charge is 0.466 e. The summed E-state index contributed by atoms with van der Waals surface area (Å²) in [6.07, 6.45) is 0.671. The minimum atomic E-state index is -0.255. The van der Waals surface area contributed by atoms with Gasteiger partial charge in [-0.05, 0) is 31.5 Å². The van der Waals surface area contributed by atoms with Crippen LogP contribution in [0.3, 0.4) is 0 Å². The van der Waals surface area contributed by atoms with Gasteiger partial charge in [-0.25, -0.2) is 0 Å². The maximum atomic E-state index is 12.7. The fourth-order valence-electron chi connectivity index (χ4n) is 3.05. The summed E-state index contributed by atoms with van der Waals surface area (Å²) in [7, 11) is 0. The van der Waals surface area contributed by atoms with E-state index in [-0.39, 0.29) is 23.4 Å². The molecule has 2 aromatic heterocycles. The molecular weight excluding hydrogens is 294 g/mol. The van der Waals surface area contributed by atoms with Gasteiger partial charge < -0.3 is 20.0 Å². The van der Waals surface area contributed by atoms with Crippen LogP contribution >= 0.6 is 0 Å². The number of amides is 1. The molecular formula is C17H21N3O3. The van der Waals surface area contributed by atoms with Gasteiger partial charge in [0.05, 0.1) is 5.92 Å². The van der Waals surface area contributed by atoms with Gasteiger partial charge in [-0.3, -0.25) is 9.59 Å². The quantitative estimate of drug-likeness (QED) is 0.895. The summed E-state index contributed by atoms with van der Waals surface area (Å²) in [4.78, 5) is 28.8. The summed E-state index contributed by atoms with van der Waals surface area (Å²) in [5.41, 5.74) is 7.10. The number of aromatic amines is 1. The molecule has 0 spiro atoms. The predicted molar refractivity (Wildman–Crippen MR) is 86.5 cm³/mol. The lowest BCUT2D eigenvalue weighted by Crippen LogP contribution is -2.32. The Labute approximate surface area is 134 Å². The van der Waals surface area contributed by atoms with Gasteiger partial charge in [0.15, 0.2) is 0 Å². The maximum Gasteiger partial charge on any atom is 0.254 e. The van der Waals surface area contributed by atoms with Gasteiger partial charge in [-0.2, -0.15) is 0 Å². The molecule has 0 aromatic carbocycles. The van der Waals surface area contributed by atoms with Gasteiger partial charge in [-0.1, -0.05) is 6.92 Å². The van der Waals surface area contributed by atoms with Gasteiger partial charge >= 0.3 is 0 Å². The first kappa shape index (κ1) is 15.6. The van der Waals surface area contributed by atoms with Crippen molar-refractivity contribution in [3.63, 3.8) is 0 Å². The Morgan fingerprint density at radius 1 is 1.39 bits per heavy atom. The molecule has 0 unspecified atom stereocenters. The third-order valence-corrected chi connectivity index (χ3v) is 4.31. The van der Waals surface area contributed by atoms with E-state index in [1.54, 1.807) is 11.0 Å². The van der Waals surface area contributed by atoms with E-state index in [4.69, 9.17) is 10.2 Å². The maximum absolute atomic E-state index is 12.7. The number of H-pyrrole nitrogens is 1. The molecule has 6 heteroatoms. The fourth-order valence-corrected chi connectivity index (χ4v) is 3.05. The van der Waals surface area contributed by atoms with Gasteiger partial charge in [0.25, 0.3) is 5.91 Å². The SMILES string of the molecule is CCc1cc(C(=O)N2C[C@@H](N)[C@H](c3ccc(C)o3)C2)cc(=O)[nH]1. The second-order valence-corrected chi connectivity index (χ2v) is 6.04. The first-order valence-corrected chi connectivity index (χ1v) is 7.82. The summed E-state index contributed by atoms with van der Waals surface area (Å²) in [6, 6.07) is 6.72. The van der Waals surface area contributed by atoms with Gasteiger partial charge in [0.1, 0.15) is 11.5 Å². The highest BCUT2D eigenvalue weighted by atomic mass is 16.3. The van der Waals surface area contributed by atoms with E-state index >= 15 is 0 Å². The smallest absolute Gasteiger partial charge is 0.254 e. The van der Waals surface area contributed by atoms with Crippen molar-refractivity contribution in [1.29, 1.82) is 0 Å². The van der Waals surface area contributed by atoms with Crippen LogP contribution in [-0.4, -0.2) is 34.9 Å². The van der Waals surface area contributed by atoms with Crippen LogP contribution in [0.1, 0.15) is 40.4 Å². The third kappa shape index (κ3) is 3.07. The van der Waals surface area contributed by atoms with Crippen molar-refractivity contribution in [2.45, 2.75) is 32.2 Å². The number of rotatable bonds is 3. The average Bonchev–Trinajstić information content (AvgIpc) is 3.11. The zero-order chi connectivity index (χ0) is 16.6. The molecule has 3 rings (SSSR count). The second kappa shape index (κ2) is 6.04. The molecule has 1 saturated heterocycles. The second-order valence-electron chi connectivity index (χ2n) is 6.04. The average molecular weight is 315 g/mol. The Morgan fingerprint density at radius 2 is 2.17 bits per heavy atom. The molecule has 3 heterocycles. The normalized spacial score (nSPS) is 20.9. The van der Waals surface area contributed by atoms with Crippen LogP contribution in [0, 0.1) is 6.92 Å². The van der Waals surface area contributed by atoms with Gasteiger partial charge in [-0.15, -0.1) is 0 Å². The molecule has 23 heavy (non-hydrogen) atoms. The molecule has 0 saturated carbocycles. The van der Waals surface area contributed by atoms with E-state index in [2.05, 4.69) is 4.98 Å². The van der Waals surface area contributed by atoms with Crippen LogP contribution in [-0.2, 0) is 6.42 Å². The lowest BCUT2D eigenvalue weighted by atomic mass is 10.0. The number of hydrogen-bond donors (Lipinski definition) is 2. The minimum absolute atomic E-state index is 0.0136. The molecule has 6 nitrogen and oxygen atoms in total. The zero-order valence-electron chi connectivity index (χ0n) is 13.3. The number of carbonyl (C=O) groups is 1. The van der Waals surface area contributed by atoms with Crippen LogP contribution in [0.15, 0.2) is 33.5 Å². The monoisotopic (exact) mass is 315 g/mol. The van der Waals surface area contributed by atoms with Gasteiger partial charge in [0, 0.05) is 36.5 Å². The lowest BCUT2D eigenvalue weighted by Gasteiger charge is -2.16. The van der Waals surface area contributed by atoms with Crippen molar-refractivity contribution in [3.8, 4) is 0 Å². The number of likely N-dealkylation sites (tertiary alicyclic amines) is 1. The number of aromatic nitrogens is 1. The van der Waals surface area contributed by atoms with Gasteiger partial charge in [0.2, 0.25) is 5.56 Å². The topological polar surface area (TPSA) is 92.3 Å². The van der Waals surface area contributed by atoms with Crippen molar-refractivity contribution in [3.05, 3.63) is 57.4 Å². The predicted octanol–water partition coefficient (Wildman–Crippen LogP) is 1.41. The Balaban J connectivity index is 1.81. The Morgan fingerprint density at radius 3 is 2.83 bits per heavy atom. The lowest BCUT2D eigenvalue weighted by molar-refractivity contribution is 0.0788. The number of carbonyl (C=O) groups excluding carboxylic acids is 1. The Hall–Kier alpha value is -2.34.